The molecule has 0 radical (unpaired) electrons. The first-order valence-electron chi connectivity index (χ1n) is 5.84. The van der Waals surface area contributed by atoms with Crippen molar-refractivity contribution in [3.05, 3.63) is 0 Å². The van der Waals surface area contributed by atoms with Crippen molar-refractivity contribution in [2.24, 2.45) is 0 Å². The van der Waals surface area contributed by atoms with E-state index in [-0.39, 0.29) is 18.2 Å². The predicted molar refractivity (Wildman–Crippen MR) is 75.4 cm³/mol. The Morgan fingerprint density at radius 1 is 1.47 bits per heavy atom. The number of amides is 1. The van der Waals surface area contributed by atoms with Gasteiger partial charge in [-0.25, -0.2) is 4.79 Å². The molecule has 0 aromatic carbocycles. The number of carbonyl (C=O) groups excluding carboxylic acids is 1. The highest BCUT2D eigenvalue weighted by molar-refractivity contribution is 14.1. The summed E-state index contributed by atoms with van der Waals surface area (Å²) in [6.07, 6.45) is -0.261. The SMILES string of the molecule is CC1OC(C)(C)N(C(=O)OC(C)(C)C)C1CI. The smallest absolute Gasteiger partial charge is 0.412 e. The molecule has 100 valence electrons. The molecule has 0 aliphatic carbocycles. The van der Waals surface area contributed by atoms with Gasteiger partial charge in [0.1, 0.15) is 11.3 Å². The van der Waals surface area contributed by atoms with Gasteiger partial charge in [-0.1, -0.05) is 22.6 Å². The van der Waals surface area contributed by atoms with Crippen LogP contribution in [0.15, 0.2) is 0 Å². The lowest BCUT2D eigenvalue weighted by molar-refractivity contribution is -0.0753. The van der Waals surface area contributed by atoms with Crippen LogP contribution in [0.4, 0.5) is 4.79 Å². The first kappa shape index (κ1) is 15.0. The molecule has 1 aliphatic rings. The van der Waals surface area contributed by atoms with Crippen LogP contribution in [0.5, 0.6) is 0 Å². The molecular weight excluding hydrogens is 333 g/mol. The van der Waals surface area contributed by atoms with E-state index in [1.165, 1.54) is 0 Å². The number of carbonyl (C=O) groups is 1. The van der Waals surface area contributed by atoms with Crippen LogP contribution >= 0.6 is 22.6 Å². The fourth-order valence-electron chi connectivity index (χ4n) is 2.06. The summed E-state index contributed by atoms with van der Waals surface area (Å²) in [5, 5.41) is 0. The van der Waals surface area contributed by atoms with Gasteiger partial charge in [0.15, 0.2) is 0 Å². The van der Waals surface area contributed by atoms with Crippen molar-refractivity contribution in [3.63, 3.8) is 0 Å². The monoisotopic (exact) mass is 355 g/mol. The quantitative estimate of drug-likeness (QED) is 0.536. The summed E-state index contributed by atoms with van der Waals surface area (Å²) in [7, 11) is 0. The molecule has 1 heterocycles. The van der Waals surface area contributed by atoms with Crippen LogP contribution < -0.4 is 0 Å². The van der Waals surface area contributed by atoms with E-state index in [9.17, 15) is 4.79 Å². The van der Waals surface area contributed by atoms with Crippen LogP contribution in [0.3, 0.4) is 0 Å². The molecule has 0 bridgehead atoms. The Morgan fingerprint density at radius 3 is 2.41 bits per heavy atom. The first-order chi connectivity index (χ1) is 7.58. The Kier molecular flexibility index (Phi) is 4.34. The zero-order valence-electron chi connectivity index (χ0n) is 11.4. The third-order valence-electron chi connectivity index (χ3n) is 2.68. The number of ether oxygens (including phenoxy) is 2. The maximum atomic E-state index is 12.2. The van der Waals surface area contributed by atoms with Crippen LogP contribution in [0.2, 0.25) is 0 Å². The molecular formula is C12H22INO3. The van der Waals surface area contributed by atoms with Gasteiger partial charge in [0.2, 0.25) is 0 Å². The van der Waals surface area contributed by atoms with E-state index < -0.39 is 11.3 Å². The maximum absolute atomic E-state index is 12.2. The van der Waals surface area contributed by atoms with Gasteiger partial charge in [0, 0.05) is 4.43 Å². The Morgan fingerprint density at radius 2 is 2.00 bits per heavy atom. The normalized spacial score (nSPS) is 28.3. The second kappa shape index (κ2) is 4.91. The number of hydrogen-bond acceptors (Lipinski definition) is 3. The summed E-state index contributed by atoms with van der Waals surface area (Å²) in [6, 6.07) is 0.0699. The van der Waals surface area contributed by atoms with Gasteiger partial charge < -0.3 is 9.47 Å². The van der Waals surface area contributed by atoms with Crippen LogP contribution in [0.25, 0.3) is 0 Å². The van der Waals surface area contributed by atoms with E-state index in [0.29, 0.717) is 0 Å². The minimum absolute atomic E-state index is 0.0365. The van der Waals surface area contributed by atoms with E-state index in [1.54, 1.807) is 4.90 Å². The predicted octanol–water partition coefficient (Wildman–Crippen LogP) is 3.18. The van der Waals surface area contributed by atoms with Gasteiger partial charge >= 0.3 is 6.09 Å². The molecule has 1 fully saturated rings. The summed E-state index contributed by atoms with van der Waals surface area (Å²) in [4.78, 5) is 13.9. The Balaban J connectivity index is 2.89. The fourth-order valence-corrected chi connectivity index (χ4v) is 3.17. The van der Waals surface area contributed by atoms with E-state index in [1.807, 2.05) is 41.5 Å². The van der Waals surface area contributed by atoms with Gasteiger partial charge in [-0.05, 0) is 41.5 Å². The number of alkyl halides is 1. The van der Waals surface area contributed by atoms with Gasteiger partial charge in [0.25, 0.3) is 0 Å². The zero-order valence-corrected chi connectivity index (χ0v) is 13.6. The van der Waals surface area contributed by atoms with Gasteiger partial charge in [-0.15, -0.1) is 0 Å². The highest BCUT2D eigenvalue weighted by Crippen LogP contribution is 2.34. The standard InChI is InChI=1S/C12H22INO3/c1-8-9(7-13)14(12(5,6)16-8)10(15)17-11(2,3)4/h8-9H,7H2,1-6H3. The highest BCUT2D eigenvalue weighted by atomic mass is 127. The second-order valence-electron chi connectivity index (χ2n) is 5.84. The van der Waals surface area contributed by atoms with Crippen LogP contribution in [-0.2, 0) is 9.47 Å². The minimum atomic E-state index is -0.600. The average molecular weight is 355 g/mol. The molecule has 1 amide bonds. The van der Waals surface area contributed by atoms with Gasteiger partial charge in [-0.2, -0.15) is 0 Å². The first-order valence-corrected chi connectivity index (χ1v) is 7.37. The zero-order chi connectivity index (χ0) is 13.4. The van der Waals surface area contributed by atoms with Gasteiger partial charge in [-0.3, -0.25) is 4.90 Å². The third kappa shape index (κ3) is 3.47. The molecule has 2 unspecified atom stereocenters. The molecule has 0 N–H and O–H groups in total. The Labute approximate surface area is 117 Å². The average Bonchev–Trinajstić information content (AvgIpc) is 2.31. The molecule has 1 aliphatic heterocycles. The number of rotatable bonds is 1. The molecule has 0 aromatic rings. The van der Waals surface area contributed by atoms with E-state index in [4.69, 9.17) is 9.47 Å². The minimum Gasteiger partial charge on any atom is -0.444 e. The molecule has 1 saturated heterocycles. The Bertz CT molecular complexity index is 299. The van der Waals surface area contributed by atoms with Crippen molar-refractivity contribution in [3.8, 4) is 0 Å². The number of halogens is 1. The fraction of sp³-hybridized carbons (Fsp3) is 0.917. The van der Waals surface area contributed by atoms with E-state index >= 15 is 0 Å². The summed E-state index contributed by atoms with van der Waals surface area (Å²) in [5.74, 6) is 0. The van der Waals surface area contributed by atoms with Gasteiger partial charge in [0.05, 0.1) is 12.1 Å². The third-order valence-corrected chi connectivity index (χ3v) is 3.58. The van der Waals surface area contributed by atoms with E-state index in [2.05, 4.69) is 22.6 Å². The van der Waals surface area contributed by atoms with Crippen LogP contribution in [0, 0.1) is 0 Å². The molecule has 0 saturated carbocycles. The molecule has 4 nitrogen and oxygen atoms in total. The lowest BCUT2D eigenvalue weighted by atomic mass is 10.2. The van der Waals surface area contributed by atoms with Crippen LogP contribution in [-0.4, -0.2) is 38.9 Å². The summed E-state index contributed by atoms with van der Waals surface area (Å²) >= 11 is 2.28. The topological polar surface area (TPSA) is 38.8 Å². The Hall–Kier alpha value is -0.0400. The van der Waals surface area contributed by atoms with E-state index in [0.717, 1.165) is 4.43 Å². The number of nitrogens with zero attached hydrogens (tertiary/aromatic N) is 1. The summed E-state index contributed by atoms with van der Waals surface area (Å²) in [5.41, 5.74) is -1.08. The van der Waals surface area contributed by atoms with Crippen molar-refractivity contribution in [1.82, 2.24) is 4.90 Å². The van der Waals surface area contributed by atoms with Crippen molar-refractivity contribution in [2.75, 3.05) is 4.43 Å². The van der Waals surface area contributed by atoms with Crippen LogP contribution in [0.1, 0.15) is 41.5 Å². The molecule has 1 rings (SSSR count). The van der Waals surface area contributed by atoms with Crippen molar-refractivity contribution < 1.29 is 14.3 Å². The van der Waals surface area contributed by atoms with Crippen molar-refractivity contribution in [1.29, 1.82) is 0 Å². The summed E-state index contributed by atoms with van der Waals surface area (Å²) in [6.45, 7) is 11.4. The molecule has 2 atom stereocenters. The summed E-state index contributed by atoms with van der Waals surface area (Å²) < 4.78 is 12.1. The second-order valence-corrected chi connectivity index (χ2v) is 6.72. The lowest BCUT2D eigenvalue weighted by Gasteiger charge is -2.34. The van der Waals surface area contributed by atoms with Crippen molar-refractivity contribution >= 4 is 28.7 Å². The lowest BCUT2D eigenvalue weighted by Crippen LogP contribution is -2.50. The molecule has 0 spiro atoms. The molecule has 0 aromatic heterocycles. The molecule has 17 heavy (non-hydrogen) atoms. The largest absolute Gasteiger partial charge is 0.444 e. The maximum Gasteiger partial charge on any atom is 0.412 e. The highest BCUT2D eigenvalue weighted by Gasteiger charge is 2.48. The number of hydrogen-bond donors (Lipinski definition) is 0. The van der Waals surface area contributed by atoms with Crippen molar-refractivity contribution in [2.45, 2.75) is 65.0 Å². The molecule has 5 heteroatoms.